The highest BCUT2D eigenvalue weighted by Crippen LogP contribution is 2.41. The number of ketones is 1. The second-order valence-corrected chi connectivity index (χ2v) is 7.90. The lowest BCUT2D eigenvalue weighted by molar-refractivity contribution is -0.966. The number of quaternary nitrogens is 1. The van der Waals surface area contributed by atoms with Crippen LogP contribution in [0.25, 0.3) is 0 Å². The molecule has 0 amide bonds. The summed E-state index contributed by atoms with van der Waals surface area (Å²) in [6.45, 7) is 7.73. The normalized spacial score (nSPS) is 28.8. The van der Waals surface area contributed by atoms with Crippen LogP contribution in [0.15, 0.2) is 36.5 Å². The van der Waals surface area contributed by atoms with E-state index in [1.165, 1.54) is 5.56 Å². The van der Waals surface area contributed by atoms with Gasteiger partial charge in [-0.3, -0.25) is 9.89 Å². The fourth-order valence-electron chi connectivity index (χ4n) is 4.38. The molecule has 25 heavy (non-hydrogen) atoms. The van der Waals surface area contributed by atoms with E-state index in [9.17, 15) is 4.79 Å². The molecule has 1 N–H and O–H groups in total. The van der Waals surface area contributed by atoms with Crippen molar-refractivity contribution >= 4 is 5.78 Å². The first-order valence-corrected chi connectivity index (χ1v) is 9.17. The maximum atomic E-state index is 12.4. The van der Waals surface area contributed by atoms with Gasteiger partial charge in [0.1, 0.15) is 17.8 Å². The number of benzene rings is 1. The highest BCUT2D eigenvalue weighted by atomic mass is 16.5. The van der Waals surface area contributed by atoms with Gasteiger partial charge in [-0.25, -0.2) is 0 Å². The van der Waals surface area contributed by atoms with Crippen LogP contribution in [-0.2, 0) is 6.54 Å². The SMILES string of the molecule is CC(C)[N+]1(Cc2ccccc2)CCC2(CC1)CC(=O)c1[nH]ncc1O2. The second kappa shape index (κ2) is 5.99. The number of likely N-dealkylation sites (tertiary alicyclic amines) is 1. The molecule has 0 atom stereocenters. The number of aromatic nitrogens is 2. The molecule has 5 nitrogen and oxygen atoms in total. The van der Waals surface area contributed by atoms with Crippen molar-refractivity contribution in [2.75, 3.05) is 13.1 Å². The van der Waals surface area contributed by atoms with Crippen LogP contribution in [0.2, 0.25) is 0 Å². The Morgan fingerprint density at radius 3 is 2.64 bits per heavy atom. The number of piperidine rings is 1. The van der Waals surface area contributed by atoms with Crippen LogP contribution < -0.4 is 4.74 Å². The number of carbonyl (C=O) groups is 1. The van der Waals surface area contributed by atoms with Crippen molar-refractivity contribution in [3.8, 4) is 5.75 Å². The van der Waals surface area contributed by atoms with Gasteiger partial charge in [-0.1, -0.05) is 30.3 Å². The van der Waals surface area contributed by atoms with Crippen molar-refractivity contribution in [2.45, 2.75) is 51.3 Å². The maximum absolute atomic E-state index is 12.4. The van der Waals surface area contributed by atoms with Gasteiger partial charge >= 0.3 is 0 Å². The quantitative estimate of drug-likeness (QED) is 0.872. The third-order valence-corrected chi connectivity index (χ3v) is 6.15. The van der Waals surface area contributed by atoms with Crippen LogP contribution in [0.4, 0.5) is 0 Å². The van der Waals surface area contributed by atoms with Gasteiger partial charge < -0.3 is 9.22 Å². The molecule has 3 heterocycles. The minimum atomic E-state index is -0.346. The molecule has 2 aliphatic rings. The van der Waals surface area contributed by atoms with Crippen molar-refractivity contribution in [1.82, 2.24) is 10.2 Å². The Morgan fingerprint density at radius 1 is 1.24 bits per heavy atom. The topological polar surface area (TPSA) is 55.0 Å². The number of hydrogen-bond acceptors (Lipinski definition) is 3. The van der Waals surface area contributed by atoms with E-state index >= 15 is 0 Å². The first-order chi connectivity index (χ1) is 12.0. The Morgan fingerprint density at radius 2 is 1.96 bits per heavy atom. The summed E-state index contributed by atoms with van der Waals surface area (Å²) in [6.07, 6.45) is 3.92. The van der Waals surface area contributed by atoms with Gasteiger partial charge in [0.15, 0.2) is 11.5 Å². The Labute approximate surface area is 148 Å². The van der Waals surface area contributed by atoms with Gasteiger partial charge in [-0.05, 0) is 13.8 Å². The fourth-order valence-corrected chi connectivity index (χ4v) is 4.38. The number of H-pyrrole nitrogens is 1. The van der Waals surface area contributed by atoms with Crippen LogP contribution in [0.5, 0.6) is 5.75 Å². The molecule has 0 saturated carbocycles. The predicted octanol–water partition coefficient (Wildman–Crippen LogP) is 3.33. The predicted molar refractivity (Wildman–Crippen MR) is 95.4 cm³/mol. The summed E-state index contributed by atoms with van der Waals surface area (Å²) in [5.74, 6) is 0.759. The summed E-state index contributed by atoms with van der Waals surface area (Å²) < 4.78 is 7.33. The van der Waals surface area contributed by atoms with Crippen molar-refractivity contribution in [1.29, 1.82) is 0 Å². The zero-order valence-corrected chi connectivity index (χ0v) is 15.0. The molecule has 1 fully saturated rings. The standard InChI is InChI=1S/C20H25N3O2/c1-15(2)23(14-16-6-4-3-5-7-16)10-8-20(9-11-23)12-17(24)19-18(25-20)13-21-22-19/h3-7,13,15H,8-12,14H2,1-2H3/p+1. The van der Waals surface area contributed by atoms with Gasteiger partial charge in [-0.15, -0.1) is 0 Å². The smallest absolute Gasteiger partial charge is 0.188 e. The van der Waals surface area contributed by atoms with Crippen LogP contribution in [0.3, 0.4) is 0 Å². The van der Waals surface area contributed by atoms with E-state index in [4.69, 9.17) is 4.74 Å². The van der Waals surface area contributed by atoms with Gasteiger partial charge in [0.25, 0.3) is 0 Å². The molecule has 2 aliphatic heterocycles. The van der Waals surface area contributed by atoms with Crippen LogP contribution in [0.1, 0.15) is 49.2 Å². The molecule has 4 rings (SSSR count). The Hall–Kier alpha value is -2.14. The summed E-state index contributed by atoms with van der Waals surface area (Å²) in [5.41, 5.74) is 1.57. The molecule has 0 bridgehead atoms. The first kappa shape index (κ1) is 16.3. The lowest BCUT2D eigenvalue weighted by atomic mass is 9.82. The van der Waals surface area contributed by atoms with Gasteiger partial charge in [0, 0.05) is 18.4 Å². The number of fused-ring (bicyclic) bond motifs is 1. The Kier molecular flexibility index (Phi) is 3.91. The van der Waals surface area contributed by atoms with E-state index in [1.54, 1.807) is 6.20 Å². The van der Waals surface area contributed by atoms with E-state index in [2.05, 4.69) is 54.4 Å². The van der Waals surface area contributed by atoms with E-state index in [0.29, 0.717) is 23.9 Å². The highest BCUT2D eigenvalue weighted by molar-refractivity contribution is 5.98. The summed E-state index contributed by atoms with van der Waals surface area (Å²) in [4.78, 5) is 12.4. The van der Waals surface area contributed by atoms with Crippen molar-refractivity contribution in [3.05, 3.63) is 47.8 Å². The van der Waals surface area contributed by atoms with E-state index in [-0.39, 0.29) is 11.4 Å². The summed E-state index contributed by atoms with van der Waals surface area (Å²) in [6, 6.07) is 11.3. The summed E-state index contributed by atoms with van der Waals surface area (Å²) in [7, 11) is 0. The van der Waals surface area contributed by atoms with E-state index in [0.717, 1.165) is 37.0 Å². The largest absolute Gasteiger partial charge is 0.482 e. The number of rotatable bonds is 3. The number of nitrogens with zero attached hydrogens (tertiary/aromatic N) is 2. The Balaban J connectivity index is 1.54. The number of ether oxygens (including phenoxy) is 1. The van der Waals surface area contributed by atoms with Crippen LogP contribution in [-0.4, -0.2) is 45.2 Å². The van der Waals surface area contributed by atoms with Gasteiger partial charge in [-0.2, -0.15) is 5.10 Å². The third kappa shape index (κ3) is 2.86. The molecule has 5 heteroatoms. The minimum Gasteiger partial charge on any atom is -0.482 e. The van der Waals surface area contributed by atoms with Crippen LogP contribution >= 0.6 is 0 Å². The zero-order valence-electron chi connectivity index (χ0n) is 15.0. The monoisotopic (exact) mass is 340 g/mol. The molecule has 0 aliphatic carbocycles. The number of Topliss-reactive ketones (excluding diaryl/α,β-unsaturated/α-hetero) is 1. The molecule has 1 aromatic heterocycles. The van der Waals surface area contributed by atoms with Crippen molar-refractivity contribution in [3.63, 3.8) is 0 Å². The van der Waals surface area contributed by atoms with E-state index in [1.807, 2.05) is 0 Å². The Bertz CT molecular complexity index is 758. The molecule has 1 aromatic carbocycles. The number of nitrogens with one attached hydrogen (secondary N) is 1. The lowest BCUT2D eigenvalue weighted by Gasteiger charge is -2.51. The van der Waals surface area contributed by atoms with E-state index < -0.39 is 0 Å². The third-order valence-electron chi connectivity index (χ3n) is 6.15. The maximum Gasteiger partial charge on any atom is 0.188 e. The molecule has 0 unspecified atom stereocenters. The van der Waals surface area contributed by atoms with Crippen molar-refractivity contribution in [2.24, 2.45) is 0 Å². The summed E-state index contributed by atoms with van der Waals surface area (Å²) in [5, 5.41) is 6.74. The average molecular weight is 340 g/mol. The van der Waals surface area contributed by atoms with Crippen molar-refractivity contribution < 1.29 is 14.0 Å². The number of hydrogen-bond donors (Lipinski definition) is 1. The van der Waals surface area contributed by atoms with Crippen LogP contribution in [0, 0.1) is 0 Å². The first-order valence-electron chi connectivity index (χ1n) is 9.17. The molecule has 132 valence electrons. The lowest BCUT2D eigenvalue weighted by Crippen LogP contribution is -2.62. The number of carbonyl (C=O) groups excluding carboxylic acids is 1. The second-order valence-electron chi connectivity index (χ2n) is 7.90. The molecular formula is C20H26N3O2+. The number of aromatic amines is 1. The molecule has 1 saturated heterocycles. The van der Waals surface area contributed by atoms with Gasteiger partial charge in [0.2, 0.25) is 0 Å². The molecule has 0 radical (unpaired) electrons. The average Bonchev–Trinajstić information content (AvgIpc) is 3.07. The summed E-state index contributed by atoms with van der Waals surface area (Å²) >= 11 is 0. The highest BCUT2D eigenvalue weighted by Gasteiger charge is 2.49. The molecular weight excluding hydrogens is 314 g/mol. The minimum absolute atomic E-state index is 0.131. The molecule has 1 spiro atoms. The molecule has 2 aromatic rings. The zero-order chi connectivity index (χ0) is 17.5. The fraction of sp³-hybridized carbons (Fsp3) is 0.500. The van der Waals surface area contributed by atoms with Gasteiger partial charge in [0.05, 0.1) is 31.7 Å².